The van der Waals surface area contributed by atoms with E-state index in [1.807, 2.05) is 30.3 Å². The molecular weight excluding hydrogens is 347 g/mol. The van der Waals surface area contributed by atoms with Crippen molar-refractivity contribution in [2.24, 2.45) is 0 Å². The Kier molecular flexibility index (Phi) is 4.70. The number of aromatic nitrogens is 2. The van der Waals surface area contributed by atoms with Crippen LogP contribution >= 0.6 is 23.2 Å². The Morgan fingerprint density at radius 2 is 2.04 bits per heavy atom. The summed E-state index contributed by atoms with van der Waals surface area (Å²) in [5.74, 6) is -0.313. The number of carbonyl (C=O) groups excluding carboxylic acids is 1. The summed E-state index contributed by atoms with van der Waals surface area (Å²) in [6.07, 6.45) is 0.0802. The lowest BCUT2D eigenvalue weighted by Crippen LogP contribution is -2.29. The first-order valence-electron chi connectivity index (χ1n) is 7.15. The number of nitrogens with zero attached hydrogens (tertiary/aromatic N) is 2. The third kappa shape index (κ3) is 3.21. The molecule has 1 heterocycles. The van der Waals surface area contributed by atoms with Gasteiger partial charge in [-0.05, 0) is 12.1 Å². The van der Waals surface area contributed by atoms with Crippen LogP contribution < -0.4 is 5.32 Å². The van der Waals surface area contributed by atoms with Crippen molar-refractivity contribution in [3.05, 3.63) is 63.8 Å². The van der Waals surface area contributed by atoms with Crippen LogP contribution in [0.5, 0.6) is 0 Å². The molecule has 1 aromatic heterocycles. The van der Waals surface area contributed by atoms with Gasteiger partial charge in [-0.2, -0.15) is 10.4 Å². The van der Waals surface area contributed by atoms with Gasteiger partial charge in [-0.25, -0.2) is 0 Å². The molecule has 0 aliphatic heterocycles. The first kappa shape index (κ1) is 16.3. The summed E-state index contributed by atoms with van der Waals surface area (Å²) in [6, 6.07) is 13.6. The van der Waals surface area contributed by atoms with Crippen molar-refractivity contribution in [2.45, 2.75) is 12.5 Å². The third-order valence-corrected chi connectivity index (χ3v) is 4.44. The quantitative estimate of drug-likeness (QED) is 0.744. The summed E-state index contributed by atoms with van der Waals surface area (Å²) in [5, 5.41) is 20.5. The first-order valence-corrected chi connectivity index (χ1v) is 7.90. The molecule has 3 aromatic rings. The summed E-state index contributed by atoms with van der Waals surface area (Å²) >= 11 is 12.1. The van der Waals surface area contributed by atoms with Crippen molar-refractivity contribution in [1.29, 1.82) is 5.26 Å². The van der Waals surface area contributed by atoms with Crippen LogP contribution in [0.2, 0.25) is 10.0 Å². The second-order valence-electron chi connectivity index (χ2n) is 5.17. The highest BCUT2D eigenvalue weighted by Crippen LogP contribution is 2.29. The van der Waals surface area contributed by atoms with Gasteiger partial charge in [0, 0.05) is 10.9 Å². The van der Waals surface area contributed by atoms with Crippen LogP contribution in [0.3, 0.4) is 0 Å². The summed E-state index contributed by atoms with van der Waals surface area (Å²) < 4.78 is 0. The van der Waals surface area contributed by atoms with Crippen molar-refractivity contribution in [2.75, 3.05) is 0 Å². The molecule has 2 aromatic carbocycles. The highest BCUT2D eigenvalue weighted by Gasteiger charge is 2.19. The van der Waals surface area contributed by atoms with E-state index in [9.17, 15) is 10.1 Å². The fourth-order valence-electron chi connectivity index (χ4n) is 2.44. The minimum atomic E-state index is -0.877. The molecule has 2 N–H and O–H groups in total. The van der Waals surface area contributed by atoms with Gasteiger partial charge in [0.15, 0.2) is 0 Å². The lowest BCUT2D eigenvalue weighted by molar-refractivity contribution is -0.120. The summed E-state index contributed by atoms with van der Waals surface area (Å²) in [4.78, 5) is 12.3. The number of hydrogen-bond donors (Lipinski definition) is 2. The molecule has 7 heteroatoms. The van der Waals surface area contributed by atoms with Gasteiger partial charge in [0.2, 0.25) is 5.91 Å². The summed E-state index contributed by atoms with van der Waals surface area (Å²) in [5.41, 5.74) is 1.95. The van der Waals surface area contributed by atoms with Crippen molar-refractivity contribution in [1.82, 2.24) is 15.5 Å². The zero-order chi connectivity index (χ0) is 17.1. The van der Waals surface area contributed by atoms with E-state index in [-0.39, 0.29) is 17.4 Å². The van der Waals surface area contributed by atoms with Crippen LogP contribution in [0.25, 0.3) is 10.9 Å². The molecule has 1 unspecified atom stereocenters. The number of para-hydroxylation sites is 1. The van der Waals surface area contributed by atoms with Crippen molar-refractivity contribution in [3.63, 3.8) is 0 Å². The van der Waals surface area contributed by atoms with E-state index < -0.39 is 6.04 Å². The number of halogens is 2. The fourth-order valence-corrected chi connectivity index (χ4v) is 2.86. The zero-order valence-corrected chi connectivity index (χ0v) is 13.9. The van der Waals surface area contributed by atoms with E-state index in [4.69, 9.17) is 23.2 Å². The van der Waals surface area contributed by atoms with E-state index >= 15 is 0 Å². The first-order chi connectivity index (χ1) is 11.6. The molecule has 0 saturated carbocycles. The SMILES string of the molecule is N#CC(NC(=O)Cc1[nH]nc2ccccc12)c1cccc(Cl)c1Cl. The maximum atomic E-state index is 12.3. The monoisotopic (exact) mass is 358 g/mol. The fraction of sp³-hybridized carbons (Fsp3) is 0.118. The lowest BCUT2D eigenvalue weighted by atomic mass is 10.1. The second-order valence-corrected chi connectivity index (χ2v) is 5.95. The smallest absolute Gasteiger partial charge is 0.227 e. The molecule has 5 nitrogen and oxygen atoms in total. The molecule has 0 bridgehead atoms. The topological polar surface area (TPSA) is 81.6 Å². The van der Waals surface area contributed by atoms with Gasteiger partial charge in [-0.1, -0.05) is 53.5 Å². The number of aromatic amines is 1. The van der Waals surface area contributed by atoms with Crippen molar-refractivity contribution < 1.29 is 4.79 Å². The predicted molar refractivity (Wildman–Crippen MR) is 92.8 cm³/mol. The molecule has 0 radical (unpaired) electrons. The highest BCUT2D eigenvalue weighted by molar-refractivity contribution is 6.42. The number of rotatable bonds is 4. The Bertz CT molecular complexity index is 945. The average molecular weight is 359 g/mol. The number of amides is 1. The number of nitrogens with one attached hydrogen (secondary N) is 2. The molecule has 0 aliphatic rings. The number of hydrogen-bond acceptors (Lipinski definition) is 3. The molecule has 24 heavy (non-hydrogen) atoms. The van der Waals surface area contributed by atoms with E-state index in [1.54, 1.807) is 18.2 Å². The van der Waals surface area contributed by atoms with Crippen LogP contribution in [-0.2, 0) is 11.2 Å². The van der Waals surface area contributed by atoms with Crippen LogP contribution in [0.1, 0.15) is 17.3 Å². The number of nitriles is 1. The van der Waals surface area contributed by atoms with Gasteiger partial charge in [-0.3, -0.25) is 9.89 Å². The molecular formula is C17H12Cl2N4O. The Labute approximate surface area is 148 Å². The molecule has 0 fully saturated rings. The molecule has 0 aliphatic carbocycles. The molecule has 3 rings (SSSR count). The largest absolute Gasteiger partial charge is 0.336 e. The third-order valence-electron chi connectivity index (χ3n) is 3.60. The van der Waals surface area contributed by atoms with Crippen LogP contribution in [-0.4, -0.2) is 16.1 Å². The Balaban J connectivity index is 1.78. The average Bonchev–Trinajstić information content (AvgIpc) is 2.98. The standard InChI is InChI=1S/C17H12Cl2N4O/c18-12-6-3-5-11(17(12)19)15(9-20)21-16(24)8-14-10-4-1-2-7-13(10)22-23-14/h1-7,15H,8H2,(H,21,24)(H,22,23). The Morgan fingerprint density at radius 1 is 1.25 bits per heavy atom. The van der Waals surface area contributed by atoms with Crippen LogP contribution in [0.4, 0.5) is 0 Å². The Morgan fingerprint density at radius 3 is 2.83 bits per heavy atom. The van der Waals surface area contributed by atoms with Gasteiger partial charge >= 0.3 is 0 Å². The van der Waals surface area contributed by atoms with Crippen LogP contribution in [0, 0.1) is 11.3 Å². The predicted octanol–water partition coefficient (Wildman–Crippen LogP) is 3.79. The van der Waals surface area contributed by atoms with E-state index in [2.05, 4.69) is 15.5 Å². The molecule has 1 amide bonds. The second kappa shape index (κ2) is 6.91. The highest BCUT2D eigenvalue weighted by atomic mass is 35.5. The minimum Gasteiger partial charge on any atom is -0.336 e. The van der Waals surface area contributed by atoms with Crippen molar-refractivity contribution >= 4 is 40.0 Å². The van der Waals surface area contributed by atoms with Gasteiger partial charge in [-0.15, -0.1) is 0 Å². The van der Waals surface area contributed by atoms with E-state index in [1.165, 1.54) is 0 Å². The number of fused-ring (bicyclic) bond motifs is 1. The van der Waals surface area contributed by atoms with E-state index in [0.29, 0.717) is 16.3 Å². The summed E-state index contributed by atoms with van der Waals surface area (Å²) in [7, 11) is 0. The van der Waals surface area contributed by atoms with Gasteiger partial charge < -0.3 is 5.32 Å². The maximum Gasteiger partial charge on any atom is 0.227 e. The lowest BCUT2D eigenvalue weighted by Gasteiger charge is -2.14. The molecule has 1 atom stereocenters. The molecule has 120 valence electrons. The van der Waals surface area contributed by atoms with Crippen molar-refractivity contribution in [3.8, 4) is 6.07 Å². The zero-order valence-electron chi connectivity index (χ0n) is 12.4. The number of H-pyrrole nitrogens is 1. The minimum absolute atomic E-state index is 0.0802. The molecule has 0 spiro atoms. The molecule has 0 saturated heterocycles. The van der Waals surface area contributed by atoms with Gasteiger partial charge in [0.25, 0.3) is 0 Å². The summed E-state index contributed by atoms with van der Waals surface area (Å²) in [6.45, 7) is 0. The normalized spacial score (nSPS) is 11.9. The number of benzene rings is 2. The Hall–Kier alpha value is -2.55. The van der Waals surface area contributed by atoms with Gasteiger partial charge in [0.1, 0.15) is 6.04 Å². The van der Waals surface area contributed by atoms with Crippen LogP contribution in [0.15, 0.2) is 42.5 Å². The maximum absolute atomic E-state index is 12.3. The van der Waals surface area contributed by atoms with E-state index in [0.717, 1.165) is 10.9 Å². The number of carbonyl (C=O) groups is 1. The van der Waals surface area contributed by atoms with Gasteiger partial charge in [0.05, 0.1) is 33.7 Å².